The number of nitriles is 1. The Morgan fingerprint density at radius 2 is 2.00 bits per heavy atom. The van der Waals surface area contributed by atoms with Gasteiger partial charge in [0.15, 0.2) is 0 Å². The molecule has 0 bridgehead atoms. The first kappa shape index (κ1) is 20.8. The normalized spacial score (nSPS) is 25.1. The van der Waals surface area contributed by atoms with E-state index in [1.807, 2.05) is 11.0 Å². The van der Waals surface area contributed by atoms with E-state index in [9.17, 15) is 4.79 Å². The van der Waals surface area contributed by atoms with Gasteiger partial charge in [0.25, 0.3) is 0 Å². The maximum atomic E-state index is 12.8. The number of pyridine rings is 1. The van der Waals surface area contributed by atoms with Crippen molar-refractivity contribution in [1.29, 1.82) is 5.26 Å². The quantitative estimate of drug-likeness (QED) is 0.795. The minimum Gasteiger partial charge on any atom is -0.378 e. The van der Waals surface area contributed by atoms with Gasteiger partial charge in [-0.3, -0.25) is 4.79 Å². The molecule has 1 aliphatic carbocycles. The third kappa shape index (κ3) is 3.80. The topological polar surface area (TPSA) is 81.5 Å². The van der Waals surface area contributed by atoms with Crippen molar-refractivity contribution in [3.05, 3.63) is 47.7 Å². The summed E-state index contributed by atoms with van der Waals surface area (Å²) in [5.41, 5.74) is 3.82. The molecule has 0 spiro atoms. The Morgan fingerprint density at radius 3 is 2.62 bits per heavy atom. The summed E-state index contributed by atoms with van der Waals surface area (Å²) in [6.45, 7) is 7.11. The summed E-state index contributed by atoms with van der Waals surface area (Å²) in [4.78, 5) is 21.6. The lowest BCUT2D eigenvalue weighted by molar-refractivity contribution is -0.117. The molecule has 5 rings (SSSR count). The Labute approximate surface area is 189 Å². The molecule has 2 fully saturated rings. The van der Waals surface area contributed by atoms with Crippen LogP contribution in [0.5, 0.6) is 0 Å². The molecule has 1 N–H and O–H groups in total. The maximum Gasteiger partial charge on any atom is 0.224 e. The van der Waals surface area contributed by atoms with E-state index < -0.39 is 0 Å². The van der Waals surface area contributed by atoms with Gasteiger partial charge in [-0.1, -0.05) is 6.92 Å². The number of anilines is 3. The number of carbonyl (C=O) groups excluding carboxylic acids is 1. The van der Waals surface area contributed by atoms with E-state index in [0.29, 0.717) is 11.5 Å². The fourth-order valence-electron chi connectivity index (χ4n) is 5.28. The molecule has 1 unspecified atom stereocenters. The van der Waals surface area contributed by atoms with Crippen molar-refractivity contribution in [3.63, 3.8) is 0 Å². The molecule has 3 aliphatic rings. The number of amides is 1. The van der Waals surface area contributed by atoms with Gasteiger partial charge in [-0.25, -0.2) is 4.98 Å². The number of fused-ring (bicyclic) bond motifs is 1. The Balaban J connectivity index is 1.56. The number of nitrogens with one attached hydrogen (secondary N) is 1. The minimum absolute atomic E-state index is 0.0210. The van der Waals surface area contributed by atoms with Crippen molar-refractivity contribution < 1.29 is 9.53 Å². The number of ether oxygens (including phenoxy) is 1. The summed E-state index contributed by atoms with van der Waals surface area (Å²) in [6.07, 6.45) is 3.94. The Kier molecular flexibility index (Phi) is 5.48. The molecule has 7 nitrogen and oxygen atoms in total. The largest absolute Gasteiger partial charge is 0.378 e. The summed E-state index contributed by atoms with van der Waals surface area (Å²) in [5.74, 6) is 1.61. The van der Waals surface area contributed by atoms with Gasteiger partial charge in [0.1, 0.15) is 11.9 Å². The van der Waals surface area contributed by atoms with Crippen LogP contribution in [0.3, 0.4) is 0 Å². The molecule has 1 saturated heterocycles. The Bertz CT molecular complexity index is 1040. The SMILES string of the molecule is CC(=O)N1c2ccc(N3CCOCC3)cc2C(Nc2ccc(C#N)cn2)[C@@H](C)[C@@H]1C1CC1. The van der Waals surface area contributed by atoms with Crippen LogP contribution in [-0.4, -0.2) is 43.2 Å². The van der Waals surface area contributed by atoms with Crippen molar-refractivity contribution in [3.8, 4) is 6.07 Å². The monoisotopic (exact) mass is 431 g/mol. The van der Waals surface area contributed by atoms with Gasteiger partial charge in [-0.05, 0) is 49.1 Å². The molecule has 0 radical (unpaired) electrons. The third-order valence-electron chi connectivity index (χ3n) is 6.98. The van der Waals surface area contributed by atoms with E-state index in [2.05, 4.69) is 46.4 Å². The number of morpholine rings is 1. The average molecular weight is 432 g/mol. The maximum absolute atomic E-state index is 12.8. The molecule has 3 atom stereocenters. The molecule has 2 aromatic rings. The summed E-state index contributed by atoms with van der Waals surface area (Å²) >= 11 is 0. The van der Waals surface area contributed by atoms with Crippen LogP contribution in [0.4, 0.5) is 17.2 Å². The van der Waals surface area contributed by atoms with E-state index in [1.165, 1.54) is 12.8 Å². The lowest BCUT2D eigenvalue weighted by Crippen LogP contribution is -2.51. The van der Waals surface area contributed by atoms with Crippen LogP contribution in [0.1, 0.15) is 43.9 Å². The molecular formula is C25H29N5O2. The molecule has 1 aromatic carbocycles. The van der Waals surface area contributed by atoms with Gasteiger partial charge < -0.3 is 19.9 Å². The molecule has 2 aliphatic heterocycles. The van der Waals surface area contributed by atoms with Crippen LogP contribution < -0.4 is 15.1 Å². The van der Waals surface area contributed by atoms with Gasteiger partial charge in [0, 0.05) is 55.1 Å². The number of carbonyl (C=O) groups is 1. The highest BCUT2D eigenvalue weighted by atomic mass is 16.5. The molecule has 1 amide bonds. The zero-order valence-electron chi connectivity index (χ0n) is 18.6. The van der Waals surface area contributed by atoms with E-state index in [0.717, 1.165) is 49.1 Å². The minimum atomic E-state index is 0.0210. The van der Waals surface area contributed by atoms with Gasteiger partial charge >= 0.3 is 0 Å². The summed E-state index contributed by atoms with van der Waals surface area (Å²) in [7, 11) is 0. The lowest BCUT2D eigenvalue weighted by atomic mass is 9.79. The first-order chi connectivity index (χ1) is 15.6. The van der Waals surface area contributed by atoms with Gasteiger partial charge in [0.2, 0.25) is 5.91 Å². The van der Waals surface area contributed by atoms with E-state index >= 15 is 0 Å². The zero-order chi connectivity index (χ0) is 22.2. The number of nitrogens with zero attached hydrogens (tertiary/aromatic N) is 4. The van der Waals surface area contributed by atoms with Crippen molar-refractivity contribution >= 4 is 23.1 Å². The van der Waals surface area contributed by atoms with E-state index in [-0.39, 0.29) is 23.9 Å². The number of aromatic nitrogens is 1. The molecular weight excluding hydrogens is 402 g/mol. The number of rotatable bonds is 4. The first-order valence-corrected chi connectivity index (χ1v) is 11.5. The van der Waals surface area contributed by atoms with Gasteiger partial charge in [0.05, 0.1) is 24.8 Å². The van der Waals surface area contributed by atoms with Crippen molar-refractivity contribution in [2.24, 2.45) is 11.8 Å². The van der Waals surface area contributed by atoms with Crippen LogP contribution in [0.15, 0.2) is 36.5 Å². The number of hydrogen-bond acceptors (Lipinski definition) is 6. The molecule has 7 heteroatoms. The lowest BCUT2D eigenvalue weighted by Gasteiger charge is -2.46. The van der Waals surface area contributed by atoms with Crippen LogP contribution in [0.25, 0.3) is 0 Å². The predicted octanol–water partition coefficient (Wildman–Crippen LogP) is 3.72. The number of benzene rings is 1. The first-order valence-electron chi connectivity index (χ1n) is 11.5. The van der Waals surface area contributed by atoms with Gasteiger partial charge in [-0.2, -0.15) is 5.26 Å². The van der Waals surface area contributed by atoms with Gasteiger partial charge in [-0.15, -0.1) is 0 Å². The fraction of sp³-hybridized carbons (Fsp3) is 0.480. The second-order valence-electron chi connectivity index (χ2n) is 9.08. The van der Waals surface area contributed by atoms with Crippen LogP contribution in [-0.2, 0) is 9.53 Å². The smallest absolute Gasteiger partial charge is 0.224 e. The highest BCUT2D eigenvalue weighted by Crippen LogP contribution is 2.50. The average Bonchev–Trinajstić information content (AvgIpc) is 3.66. The van der Waals surface area contributed by atoms with Crippen LogP contribution in [0, 0.1) is 23.2 Å². The molecule has 166 valence electrons. The van der Waals surface area contributed by atoms with Crippen molar-refractivity contribution in [2.75, 3.05) is 41.4 Å². The molecule has 32 heavy (non-hydrogen) atoms. The van der Waals surface area contributed by atoms with Crippen molar-refractivity contribution in [1.82, 2.24) is 4.98 Å². The zero-order valence-corrected chi connectivity index (χ0v) is 18.6. The fourth-order valence-corrected chi connectivity index (χ4v) is 5.28. The number of hydrogen-bond donors (Lipinski definition) is 1. The second-order valence-corrected chi connectivity index (χ2v) is 9.08. The Hall–Kier alpha value is -3.11. The van der Waals surface area contributed by atoms with Crippen LogP contribution in [0.2, 0.25) is 0 Å². The van der Waals surface area contributed by atoms with Crippen molar-refractivity contribution in [2.45, 2.75) is 38.8 Å². The summed E-state index contributed by atoms with van der Waals surface area (Å²) < 4.78 is 5.53. The van der Waals surface area contributed by atoms with E-state index in [1.54, 1.807) is 19.2 Å². The molecule has 1 aromatic heterocycles. The van der Waals surface area contributed by atoms with Crippen LogP contribution >= 0.6 is 0 Å². The Morgan fingerprint density at radius 1 is 1.22 bits per heavy atom. The summed E-state index contributed by atoms with van der Waals surface area (Å²) in [5, 5.41) is 12.7. The summed E-state index contributed by atoms with van der Waals surface area (Å²) in [6, 6.07) is 12.4. The predicted molar refractivity (Wildman–Crippen MR) is 124 cm³/mol. The third-order valence-corrected chi connectivity index (χ3v) is 6.98. The molecule has 1 saturated carbocycles. The standard InChI is InChI=1S/C25H29N5O2/c1-16-24(28-23-8-3-18(14-26)15-27-23)21-13-20(29-9-11-32-12-10-29)6-7-22(21)30(17(2)31)25(16)19-4-5-19/h3,6-8,13,15-16,19,24-25H,4-5,9-12H2,1-2H3,(H,27,28)/t16-,24?,25-/m1/s1. The highest BCUT2D eigenvalue weighted by molar-refractivity contribution is 5.94. The molecule has 3 heterocycles. The highest BCUT2D eigenvalue weighted by Gasteiger charge is 2.47. The van der Waals surface area contributed by atoms with E-state index in [4.69, 9.17) is 10.00 Å². The second kappa shape index (κ2) is 8.44.